The van der Waals surface area contributed by atoms with E-state index < -0.39 is 0 Å². The van der Waals surface area contributed by atoms with Crippen LogP contribution in [0.1, 0.15) is 18.5 Å². The first-order valence-corrected chi connectivity index (χ1v) is 8.01. The zero-order valence-electron chi connectivity index (χ0n) is 11.3. The maximum absolute atomic E-state index is 12.0. The third kappa shape index (κ3) is 4.28. The number of rotatable bonds is 4. The molecule has 1 aromatic carbocycles. The number of thioether (sulfide) groups is 1. The smallest absolute Gasteiger partial charge is 0.238 e. The first kappa shape index (κ1) is 17.6. The zero-order valence-corrected chi connectivity index (χ0v) is 14.5. The Morgan fingerprint density at radius 3 is 2.90 bits per heavy atom. The summed E-state index contributed by atoms with van der Waals surface area (Å²) in [6.45, 7) is 1.98. The van der Waals surface area contributed by atoms with Crippen molar-refractivity contribution in [1.29, 1.82) is 0 Å². The van der Waals surface area contributed by atoms with Gasteiger partial charge in [0.15, 0.2) is 0 Å². The van der Waals surface area contributed by atoms with Crippen molar-refractivity contribution in [1.82, 2.24) is 10.6 Å². The molecular formula is C13H18BrClN2O2S. The lowest BCUT2D eigenvalue weighted by molar-refractivity contribution is -0.123. The summed E-state index contributed by atoms with van der Waals surface area (Å²) < 4.78 is 6.09. The van der Waals surface area contributed by atoms with Crippen molar-refractivity contribution in [2.45, 2.75) is 19.0 Å². The number of carbonyl (C=O) groups excluding carboxylic acids is 1. The SMILES string of the molecule is COc1ccc(C(C)NC(=O)[C@H]2CSCN2)cc1Br.Cl. The lowest BCUT2D eigenvalue weighted by atomic mass is 10.1. The van der Waals surface area contributed by atoms with Crippen LogP contribution in [0.25, 0.3) is 0 Å². The summed E-state index contributed by atoms with van der Waals surface area (Å²) in [7, 11) is 1.63. The monoisotopic (exact) mass is 380 g/mol. The van der Waals surface area contributed by atoms with E-state index in [9.17, 15) is 4.79 Å². The molecule has 4 nitrogen and oxygen atoms in total. The predicted octanol–water partition coefficient (Wildman–Crippen LogP) is 2.72. The van der Waals surface area contributed by atoms with Crippen LogP contribution in [0.5, 0.6) is 5.75 Å². The van der Waals surface area contributed by atoms with E-state index >= 15 is 0 Å². The second kappa shape index (κ2) is 8.12. The summed E-state index contributed by atoms with van der Waals surface area (Å²) in [5.74, 6) is 2.53. The van der Waals surface area contributed by atoms with Gasteiger partial charge in [-0.25, -0.2) is 0 Å². The molecule has 2 atom stereocenters. The molecule has 1 aliphatic heterocycles. The Morgan fingerprint density at radius 2 is 2.35 bits per heavy atom. The largest absolute Gasteiger partial charge is 0.496 e. The average molecular weight is 382 g/mol. The van der Waals surface area contributed by atoms with E-state index in [1.54, 1.807) is 18.9 Å². The Morgan fingerprint density at radius 1 is 1.60 bits per heavy atom. The molecule has 0 aromatic heterocycles. The number of amides is 1. The van der Waals surface area contributed by atoms with Crippen molar-refractivity contribution in [3.8, 4) is 5.75 Å². The Hall–Kier alpha value is -0.430. The van der Waals surface area contributed by atoms with Gasteiger partial charge in [0.05, 0.1) is 23.7 Å². The van der Waals surface area contributed by atoms with Crippen LogP contribution < -0.4 is 15.4 Å². The number of hydrogen-bond donors (Lipinski definition) is 2. The number of hydrogen-bond acceptors (Lipinski definition) is 4. The van der Waals surface area contributed by atoms with Gasteiger partial charge in [-0.15, -0.1) is 24.2 Å². The molecule has 112 valence electrons. The highest BCUT2D eigenvalue weighted by Gasteiger charge is 2.23. The second-order valence-electron chi connectivity index (χ2n) is 4.40. The zero-order chi connectivity index (χ0) is 13.8. The molecule has 20 heavy (non-hydrogen) atoms. The van der Waals surface area contributed by atoms with Gasteiger partial charge in [-0.05, 0) is 40.5 Å². The van der Waals surface area contributed by atoms with Gasteiger partial charge in [-0.3, -0.25) is 10.1 Å². The van der Waals surface area contributed by atoms with Crippen LogP contribution >= 0.6 is 40.1 Å². The standard InChI is InChI=1S/C13H17BrN2O2S.ClH/c1-8(16-13(17)11-6-19-7-15-11)9-3-4-12(18-2)10(14)5-9;/h3-5,8,11,15H,6-7H2,1-2H3,(H,16,17);1H/t8?,11-;/m1./s1. The lowest BCUT2D eigenvalue weighted by Gasteiger charge is -2.18. The molecule has 1 aliphatic rings. The van der Waals surface area contributed by atoms with Gasteiger partial charge in [-0.1, -0.05) is 6.07 Å². The van der Waals surface area contributed by atoms with Crippen molar-refractivity contribution >= 4 is 46.0 Å². The van der Waals surface area contributed by atoms with Crippen LogP contribution in [-0.2, 0) is 4.79 Å². The van der Waals surface area contributed by atoms with Crippen molar-refractivity contribution in [3.63, 3.8) is 0 Å². The fourth-order valence-corrected chi connectivity index (χ4v) is 3.41. The minimum Gasteiger partial charge on any atom is -0.496 e. The van der Waals surface area contributed by atoms with Crippen LogP contribution in [0, 0.1) is 0 Å². The highest BCUT2D eigenvalue weighted by atomic mass is 79.9. The summed E-state index contributed by atoms with van der Waals surface area (Å²) in [4.78, 5) is 12.0. The van der Waals surface area contributed by atoms with Gasteiger partial charge in [0.25, 0.3) is 0 Å². The molecule has 1 saturated heterocycles. The van der Waals surface area contributed by atoms with E-state index in [-0.39, 0.29) is 30.4 Å². The molecule has 0 saturated carbocycles. The summed E-state index contributed by atoms with van der Waals surface area (Å²) in [6.07, 6.45) is 0. The van der Waals surface area contributed by atoms with E-state index in [1.165, 1.54) is 0 Å². The van der Waals surface area contributed by atoms with Crippen molar-refractivity contribution in [2.24, 2.45) is 0 Å². The van der Waals surface area contributed by atoms with Crippen LogP contribution in [0.4, 0.5) is 0 Å². The fraction of sp³-hybridized carbons (Fsp3) is 0.462. The van der Waals surface area contributed by atoms with Crippen LogP contribution in [0.3, 0.4) is 0 Å². The van der Waals surface area contributed by atoms with E-state index in [0.29, 0.717) is 0 Å². The number of nitrogens with one attached hydrogen (secondary N) is 2. The summed E-state index contributed by atoms with van der Waals surface area (Å²) in [5.41, 5.74) is 1.05. The number of carbonyl (C=O) groups is 1. The predicted molar refractivity (Wildman–Crippen MR) is 88.7 cm³/mol. The molecule has 0 aliphatic carbocycles. The number of benzene rings is 1. The second-order valence-corrected chi connectivity index (χ2v) is 6.28. The van der Waals surface area contributed by atoms with Crippen molar-refractivity contribution < 1.29 is 9.53 Å². The maximum Gasteiger partial charge on any atom is 0.238 e. The molecule has 1 heterocycles. The Kier molecular flexibility index (Phi) is 7.15. The Bertz CT molecular complexity index is 470. The van der Waals surface area contributed by atoms with Gasteiger partial charge in [0.2, 0.25) is 5.91 Å². The molecular weight excluding hydrogens is 364 g/mol. The van der Waals surface area contributed by atoms with Crippen LogP contribution in [-0.4, -0.2) is 30.7 Å². The molecule has 2 N–H and O–H groups in total. The summed E-state index contributed by atoms with van der Waals surface area (Å²) in [5, 5.41) is 6.19. The molecule has 1 fully saturated rings. The van der Waals surface area contributed by atoms with E-state index in [0.717, 1.165) is 27.4 Å². The quantitative estimate of drug-likeness (QED) is 0.842. The minimum absolute atomic E-state index is 0. The number of ether oxygens (including phenoxy) is 1. The molecule has 1 unspecified atom stereocenters. The van der Waals surface area contributed by atoms with Crippen LogP contribution in [0.2, 0.25) is 0 Å². The Balaban J connectivity index is 0.00000200. The van der Waals surface area contributed by atoms with Crippen molar-refractivity contribution in [2.75, 3.05) is 18.7 Å². The van der Waals surface area contributed by atoms with Gasteiger partial charge in [-0.2, -0.15) is 0 Å². The molecule has 0 bridgehead atoms. The average Bonchev–Trinajstić information content (AvgIpc) is 2.92. The minimum atomic E-state index is -0.0749. The highest BCUT2D eigenvalue weighted by Crippen LogP contribution is 2.28. The van der Waals surface area contributed by atoms with E-state index in [2.05, 4.69) is 26.6 Å². The fourth-order valence-electron chi connectivity index (χ4n) is 1.91. The first-order chi connectivity index (χ1) is 9.11. The molecule has 2 rings (SSSR count). The first-order valence-electron chi connectivity index (χ1n) is 6.06. The topological polar surface area (TPSA) is 50.4 Å². The van der Waals surface area contributed by atoms with Gasteiger partial charge in [0, 0.05) is 11.6 Å². The molecule has 1 aromatic rings. The summed E-state index contributed by atoms with van der Waals surface area (Å²) in [6, 6.07) is 5.73. The van der Waals surface area contributed by atoms with Crippen molar-refractivity contribution in [3.05, 3.63) is 28.2 Å². The Labute approximate surface area is 137 Å². The number of methoxy groups -OCH3 is 1. The molecule has 7 heteroatoms. The third-order valence-corrected chi connectivity index (χ3v) is 4.63. The molecule has 0 spiro atoms. The van der Waals surface area contributed by atoms with Crippen LogP contribution in [0.15, 0.2) is 22.7 Å². The van der Waals surface area contributed by atoms with E-state index in [1.807, 2.05) is 25.1 Å². The molecule has 0 radical (unpaired) electrons. The normalized spacial score (nSPS) is 19.1. The lowest BCUT2D eigenvalue weighted by Crippen LogP contribution is -2.42. The van der Waals surface area contributed by atoms with Gasteiger partial charge < -0.3 is 10.1 Å². The van der Waals surface area contributed by atoms with E-state index in [4.69, 9.17) is 4.74 Å². The number of halogens is 2. The van der Waals surface area contributed by atoms with Gasteiger partial charge >= 0.3 is 0 Å². The third-order valence-electron chi connectivity index (χ3n) is 3.07. The van der Waals surface area contributed by atoms with Gasteiger partial charge in [0.1, 0.15) is 5.75 Å². The molecule has 1 amide bonds. The maximum atomic E-state index is 12.0. The highest BCUT2D eigenvalue weighted by molar-refractivity contribution is 9.10. The summed E-state index contributed by atoms with van der Waals surface area (Å²) >= 11 is 5.20.